The van der Waals surface area contributed by atoms with Crippen LogP contribution in [-0.4, -0.2) is 15.7 Å². The quantitative estimate of drug-likeness (QED) is 0.669. The van der Waals surface area contributed by atoms with Gasteiger partial charge in [0, 0.05) is 12.6 Å². The number of benzene rings is 1. The molecule has 1 aromatic carbocycles. The number of nitrogens with zero attached hydrogens (tertiary/aromatic N) is 2. The lowest BCUT2D eigenvalue weighted by Crippen LogP contribution is -1.96. The molecule has 19 heavy (non-hydrogen) atoms. The lowest BCUT2D eigenvalue weighted by atomic mass is 10.1. The highest BCUT2D eigenvalue weighted by Gasteiger charge is 2.11. The number of hydrogen-bond acceptors (Lipinski definition) is 2. The summed E-state index contributed by atoms with van der Waals surface area (Å²) in [6.07, 6.45) is 3.46. The van der Waals surface area contributed by atoms with Crippen LogP contribution in [0, 0.1) is 6.92 Å². The first-order valence-electron chi connectivity index (χ1n) is 6.24. The van der Waals surface area contributed by atoms with E-state index in [1.807, 2.05) is 60.0 Å². The summed E-state index contributed by atoms with van der Waals surface area (Å²) in [6.45, 7) is 2.02. The van der Waals surface area contributed by atoms with Gasteiger partial charge in [-0.25, -0.2) is 4.98 Å². The molecule has 0 saturated heterocycles. The Morgan fingerprint density at radius 3 is 2.74 bits per heavy atom. The second-order valence-electron chi connectivity index (χ2n) is 4.66. The van der Waals surface area contributed by atoms with Gasteiger partial charge in [-0.05, 0) is 30.2 Å². The maximum Gasteiger partial charge on any atom is 0.168 e. The van der Waals surface area contributed by atoms with Crippen molar-refractivity contribution in [3.8, 4) is 0 Å². The van der Waals surface area contributed by atoms with Crippen molar-refractivity contribution in [1.82, 2.24) is 9.38 Å². The van der Waals surface area contributed by atoms with E-state index in [-0.39, 0.29) is 0 Å². The van der Waals surface area contributed by atoms with Crippen LogP contribution in [-0.2, 0) is 6.42 Å². The van der Waals surface area contributed by atoms with Gasteiger partial charge in [-0.3, -0.25) is 9.20 Å². The van der Waals surface area contributed by atoms with E-state index in [0.29, 0.717) is 12.1 Å². The van der Waals surface area contributed by atoms with Gasteiger partial charge in [0.05, 0.1) is 5.69 Å². The Kier molecular flexibility index (Phi) is 2.88. The third kappa shape index (κ3) is 2.15. The Morgan fingerprint density at radius 2 is 2.00 bits per heavy atom. The summed E-state index contributed by atoms with van der Waals surface area (Å²) in [6, 6.07) is 14.0. The molecule has 0 fully saturated rings. The van der Waals surface area contributed by atoms with Gasteiger partial charge in [-0.2, -0.15) is 0 Å². The molecule has 0 saturated carbocycles. The molecular formula is C16H14N2O. The minimum Gasteiger partial charge on any atom is -0.297 e. The lowest BCUT2D eigenvalue weighted by Gasteiger charge is -1.99. The number of aromatic nitrogens is 2. The SMILES string of the molecule is Cc1ccn2c(C=O)c(Cc3ccccc3)nc2c1. The lowest BCUT2D eigenvalue weighted by molar-refractivity contribution is 0.111. The van der Waals surface area contributed by atoms with Gasteiger partial charge < -0.3 is 0 Å². The summed E-state index contributed by atoms with van der Waals surface area (Å²) in [4.78, 5) is 15.9. The summed E-state index contributed by atoms with van der Waals surface area (Å²) >= 11 is 0. The van der Waals surface area contributed by atoms with Crippen molar-refractivity contribution >= 4 is 11.9 Å². The number of carbonyl (C=O) groups is 1. The largest absolute Gasteiger partial charge is 0.297 e. The highest BCUT2D eigenvalue weighted by Crippen LogP contribution is 2.16. The van der Waals surface area contributed by atoms with Crippen molar-refractivity contribution < 1.29 is 4.79 Å². The Balaban J connectivity index is 2.10. The van der Waals surface area contributed by atoms with E-state index in [4.69, 9.17) is 0 Å². The fourth-order valence-corrected chi connectivity index (χ4v) is 2.26. The van der Waals surface area contributed by atoms with Crippen LogP contribution in [0.2, 0.25) is 0 Å². The Hall–Kier alpha value is -2.42. The van der Waals surface area contributed by atoms with Gasteiger partial charge >= 0.3 is 0 Å². The zero-order chi connectivity index (χ0) is 13.2. The standard InChI is InChI=1S/C16H14N2O/c1-12-7-8-18-15(11-19)14(17-16(18)9-12)10-13-5-3-2-4-6-13/h2-9,11H,10H2,1H3. The van der Waals surface area contributed by atoms with Gasteiger partial charge in [-0.15, -0.1) is 0 Å². The van der Waals surface area contributed by atoms with Crippen molar-refractivity contribution in [3.05, 3.63) is 71.2 Å². The molecule has 0 N–H and O–H groups in total. The fourth-order valence-electron chi connectivity index (χ4n) is 2.26. The van der Waals surface area contributed by atoms with Crippen LogP contribution in [0.3, 0.4) is 0 Å². The van der Waals surface area contributed by atoms with Crippen molar-refractivity contribution in [2.24, 2.45) is 0 Å². The van der Waals surface area contributed by atoms with Gasteiger partial charge in [0.1, 0.15) is 11.3 Å². The van der Waals surface area contributed by atoms with E-state index in [2.05, 4.69) is 4.98 Å². The highest BCUT2D eigenvalue weighted by molar-refractivity contribution is 5.76. The molecule has 3 nitrogen and oxygen atoms in total. The molecule has 2 aromatic heterocycles. The molecule has 0 aliphatic carbocycles. The van der Waals surface area contributed by atoms with E-state index in [1.165, 1.54) is 0 Å². The molecule has 0 unspecified atom stereocenters. The minimum absolute atomic E-state index is 0.638. The number of hydrogen-bond donors (Lipinski definition) is 0. The Bertz CT molecular complexity index is 729. The Morgan fingerprint density at radius 1 is 1.21 bits per heavy atom. The summed E-state index contributed by atoms with van der Waals surface area (Å²) in [5.41, 5.74) is 4.59. The average Bonchev–Trinajstić information content (AvgIpc) is 2.76. The van der Waals surface area contributed by atoms with E-state index >= 15 is 0 Å². The zero-order valence-corrected chi connectivity index (χ0v) is 10.7. The maximum atomic E-state index is 11.3. The first-order chi connectivity index (χ1) is 9.28. The van der Waals surface area contributed by atoms with Crippen LogP contribution in [0.25, 0.3) is 5.65 Å². The first-order valence-corrected chi connectivity index (χ1v) is 6.24. The van der Waals surface area contributed by atoms with Crippen LogP contribution in [0.5, 0.6) is 0 Å². The Labute approximate surface area is 111 Å². The van der Waals surface area contributed by atoms with E-state index in [9.17, 15) is 4.79 Å². The molecule has 0 aliphatic heterocycles. The molecule has 0 radical (unpaired) electrons. The maximum absolute atomic E-state index is 11.3. The third-order valence-electron chi connectivity index (χ3n) is 3.22. The molecule has 2 heterocycles. The van der Waals surface area contributed by atoms with Crippen molar-refractivity contribution in [2.75, 3.05) is 0 Å². The number of fused-ring (bicyclic) bond motifs is 1. The molecule has 3 rings (SSSR count). The van der Waals surface area contributed by atoms with Crippen LogP contribution in [0.1, 0.15) is 27.3 Å². The van der Waals surface area contributed by atoms with Gasteiger partial charge in [0.25, 0.3) is 0 Å². The number of carbonyl (C=O) groups excluding carboxylic acids is 1. The van der Waals surface area contributed by atoms with Crippen molar-refractivity contribution in [2.45, 2.75) is 13.3 Å². The van der Waals surface area contributed by atoms with Gasteiger partial charge in [0.15, 0.2) is 6.29 Å². The van der Waals surface area contributed by atoms with E-state index < -0.39 is 0 Å². The van der Waals surface area contributed by atoms with Crippen LogP contribution >= 0.6 is 0 Å². The zero-order valence-electron chi connectivity index (χ0n) is 10.7. The number of rotatable bonds is 3. The molecule has 0 spiro atoms. The summed E-state index contributed by atoms with van der Waals surface area (Å²) in [7, 11) is 0. The van der Waals surface area contributed by atoms with Crippen LogP contribution < -0.4 is 0 Å². The topological polar surface area (TPSA) is 34.4 Å². The molecule has 0 atom stereocenters. The van der Waals surface area contributed by atoms with Crippen LogP contribution in [0.15, 0.2) is 48.7 Å². The molecule has 3 heteroatoms. The first kappa shape index (κ1) is 11.7. The molecule has 3 aromatic rings. The second kappa shape index (κ2) is 4.69. The van der Waals surface area contributed by atoms with Crippen molar-refractivity contribution in [3.63, 3.8) is 0 Å². The summed E-state index contributed by atoms with van der Waals surface area (Å²) < 4.78 is 1.85. The number of aldehydes is 1. The monoisotopic (exact) mass is 250 g/mol. The predicted molar refractivity (Wildman–Crippen MR) is 74.6 cm³/mol. The highest BCUT2D eigenvalue weighted by atomic mass is 16.1. The fraction of sp³-hybridized carbons (Fsp3) is 0.125. The second-order valence-corrected chi connectivity index (χ2v) is 4.66. The van der Waals surface area contributed by atoms with E-state index in [0.717, 1.165) is 28.8 Å². The number of imidazole rings is 1. The average molecular weight is 250 g/mol. The molecule has 0 bridgehead atoms. The van der Waals surface area contributed by atoms with Gasteiger partial charge in [-0.1, -0.05) is 30.3 Å². The normalized spacial score (nSPS) is 10.8. The van der Waals surface area contributed by atoms with E-state index in [1.54, 1.807) is 0 Å². The number of aryl methyl sites for hydroxylation is 1. The molecular weight excluding hydrogens is 236 g/mol. The summed E-state index contributed by atoms with van der Waals surface area (Å²) in [5, 5.41) is 0. The molecule has 0 aliphatic rings. The molecule has 94 valence electrons. The predicted octanol–water partition coefficient (Wildman–Crippen LogP) is 3.05. The third-order valence-corrected chi connectivity index (χ3v) is 3.22. The van der Waals surface area contributed by atoms with Crippen molar-refractivity contribution in [1.29, 1.82) is 0 Å². The number of pyridine rings is 1. The van der Waals surface area contributed by atoms with Crippen LogP contribution in [0.4, 0.5) is 0 Å². The summed E-state index contributed by atoms with van der Waals surface area (Å²) in [5.74, 6) is 0. The molecule has 0 amide bonds. The van der Waals surface area contributed by atoms with Gasteiger partial charge in [0.2, 0.25) is 0 Å². The smallest absolute Gasteiger partial charge is 0.168 e. The minimum atomic E-state index is 0.638.